The number of hydrogen-bond donors (Lipinski definition) is 3. The summed E-state index contributed by atoms with van der Waals surface area (Å²) in [5.41, 5.74) is 7.55. The Morgan fingerprint density at radius 1 is 0.648 bits per heavy atom. The lowest BCUT2D eigenvalue weighted by Gasteiger charge is -2.21. The Kier molecular flexibility index (Phi) is 34.6. The average molecular weight is 1030 g/mol. The van der Waals surface area contributed by atoms with Gasteiger partial charge in [0.05, 0.1) is 149 Å². The van der Waals surface area contributed by atoms with E-state index in [9.17, 15) is 24.0 Å². The van der Waals surface area contributed by atoms with Crippen molar-refractivity contribution < 1.29 is 76.2 Å². The number of aliphatic imine (C=N–C) groups is 1. The van der Waals surface area contributed by atoms with Gasteiger partial charge in [-0.2, -0.15) is 0 Å². The SMILES string of the molecule is CCCN(OCC)C(=O)C1=Cc2sc(CCCCCNC(=O)CCOCCOCCOCCOCCOCCOCCOCCOCCOCCOCCNC(=O)CN3C(=O)C=CC3=O)cc2N=C(N)C1. The Bertz CT molecular complexity index is 1740. The molecule has 0 unspecified atom stereocenters. The molecule has 5 amide bonds. The lowest BCUT2D eigenvalue weighted by atomic mass is 10.1. The summed E-state index contributed by atoms with van der Waals surface area (Å²) in [6.07, 6.45) is 9.25. The highest BCUT2D eigenvalue weighted by Crippen LogP contribution is 2.35. The van der Waals surface area contributed by atoms with Crippen molar-refractivity contribution in [1.82, 2.24) is 20.6 Å². The second kappa shape index (κ2) is 40.3. The summed E-state index contributed by atoms with van der Waals surface area (Å²) in [4.78, 5) is 73.2. The number of carbonyl (C=O) groups excluding carboxylic acids is 5. The fourth-order valence-corrected chi connectivity index (χ4v) is 7.56. The molecule has 0 saturated carbocycles. The van der Waals surface area contributed by atoms with Crippen LogP contribution in [-0.4, -0.2) is 210 Å². The predicted octanol–water partition coefficient (Wildman–Crippen LogP) is 2.14. The van der Waals surface area contributed by atoms with Crippen molar-refractivity contribution in [2.24, 2.45) is 10.7 Å². The molecule has 22 nitrogen and oxygen atoms in total. The zero-order chi connectivity index (χ0) is 51.0. The number of rotatable bonds is 46. The van der Waals surface area contributed by atoms with Crippen LogP contribution in [0.1, 0.15) is 62.1 Å². The van der Waals surface area contributed by atoms with Gasteiger partial charge >= 0.3 is 0 Å². The third kappa shape index (κ3) is 29.2. The van der Waals surface area contributed by atoms with Gasteiger partial charge in [-0.3, -0.25) is 33.7 Å². The minimum absolute atomic E-state index is 0.0343. The van der Waals surface area contributed by atoms with Crippen molar-refractivity contribution in [1.29, 1.82) is 0 Å². The highest BCUT2D eigenvalue weighted by atomic mass is 32.1. The van der Waals surface area contributed by atoms with Crippen LogP contribution in [0.4, 0.5) is 5.69 Å². The fraction of sp³-hybridized carbons (Fsp3) is 0.708. The largest absolute Gasteiger partial charge is 0.387 e. The number of amidine groups is 1. The van der Waals surface area contributed by atoms with Crippen LogP contribution in [-0.2, 0) is 82.6 Å². The lowest BCUT2D eigenvalue weighted by molar-refractivity contribution is -0.180. The third-order valence-corrected chi connectivity index (χ3v) is 11.1. The molecule has 71 heavy (non-hydrogen) atoms. The van der Waals surface area contributed by atoms with Crippen molar-refractivity contribution in [3.8, 4) is 0 Å². The first-order valence-corrected chi connectivity index (χ1v) is 25.5. The predicted molar refractivity (Wildman–Crippen MR) is 264 cm³/mol. The molecule has 23 heteroatoms. The maximum Gasteiger partial charge on any atom is 0.273 e. The number of hydroxylamine groups is 2. The maximum atomic E-state index is 13.1. The number of nitrogens with two attached hydrogens (primary N) is 1. The van der Waals surface area contributed by atoms with Crippen LogP contribution < -0.4 is 16.4 Å². The number of aryl methyl sites for hydroxylation is 1. The second-order valence-corrected chi connectivity index (χ2v) is 16.9. The fourth-order valence-electron chi connectivity index (χ4n) is 6.45. The molecule has 0 bridgehead atoms. The van der Waals surface area contributed by atoms with E-state index in [2.05, 4.69) is 21.7 Å². The van der Waals surface area contributed by atoms with E-state index in [1.165, 1.54) is 9.94 Å². The van der Waals surface area contributed by atoms with Gasteiger partial charge in [-0.1, -0.05) is 13.3 Å². The molecule has 402 valence electrons. The monoisotopic (exact) mass is 1030 g/mol. The number of nitrogens with one attached hydrogen (secondary N) is 2. The van der Waals surface area contributed by atoms with Gasteiger partial charge in [0, 0.05) is 55.1 Å². The summed E-state index contributed by atoms with van der Waals surface area (Å²) in [5, 5.41) is 6.96. The highest BCUT2D eigenvalue weighted by molar-refractivity contribution is 7.13. The molecule has 0 spiro atoms. The number of thiophene rings is 1. The number of fused-ring (bicyclic) bond motifs is 1. The second-order valence-electron chi connectivity index (χ2n) is 15.7. The summed E-state index contributed by atoms with van der Waals surface area (Å²) in [5.74, 6) is -1.22. The molecule has 0 aliphatic carbocycles. The molecule has 3 rings (SSSR count). The van der Waals surface area contributed by atoms with E-state index in [-0.39, 0.29) is 37.9 Å². The summed E-state index contributed by atoms with van der Waals surface area (Å²) in [6.45, 7) is 13.7. The molecule has 1 aromatic rings. The molecule has 0 saturated heterocycles. The topological polar surface area (TPSA) is 256 Å². The molecule has 2 aliphatic rings. The van der Waals surface area contributed by atoms with Crippen LogP contribution >= 0.6 is 11.3 Å². The molecule has 1 aromatic heterocycles. The number of hydrogen-bond acceptors (Lipinski definition) is 19. The minimum atomic E-state index is -0.497. The Morgan fingerprint density at radius 3 is 1.62 bits per heavy atom. The van der Waals surface area contributed by atoms with Crippen LogP contribution in [0.2, 0.25) is 0 Å². The summed E-state index contributed by atoms with van der Waals surface area (Å²) in [7, 11) is 0. The zero-order valence-corrected chi connectivity index (χ0v) is 42.6. The van der Waals surface area contributed by atoms with Gasteiger partial charge in [0.25, 0.3) is 17.7 Å². The Balaban J connectivity index is 0.966. The lowest BCUT2D eigenvalue weighted by Crippen LogP contribution is -2.41. The zero-order valence-electron chi connectivity index (χ0n) is 41.8. The standard InChI is InChI=1S/C48H78N6O16S/c1-3-14-54(70-4-2)48(59)39-35-42-41(52-43(49)36-39)37-40(71-42)8-6-5-7-12-50-44(55)11-15-60-17-19-62-21-23-64-25-27-66-29-31-68-33-34-69-32-30-67-28-26-65-24-22-63-20-18-61-16-13-51-45(56)38-53-46(57)9-10-47(53)58/h9-10,35,37H,3-8,11-34,36,38H2,1-2H3,(H2,49,52)(H,50,55)(H,51,56). The van der Waals surface area contributed by atoms with Crippen molar-refractivity contribution in [3.05, 3.63) is 33.5 Å². The summed E-state index contributed by atoms with van der Waals surface area (Å²) >= 11 is 1.63. The first-order valence-electron chi connectivity index (χ1n) is 24.7. The molecule has 0 radical (unpaired) electrons. The number of amides is 5. The Hall–Kier alpha value is -4.24. The van der Waals surface area contributed by atoms with Crippen LogP contribution in [0.15, 0.2) is 28.8 Å². The van der Waals surface area contributed by atoms with Crippen molar-refractivity contribution in [2.75, 3.05) is 165 Å². The molecule has 2 aliphatic heterocycles. The molecule has 4 N–H and O–H groups in total. The van der Waals surface area contributed by atoms with Gasteiger partial charge in [0.15, 0.2) is 0 Å². The maximum absolute atomic E-state index is 13.1. The van der Waals surface area contributed by atoms with Gasteiger partial charge < -0.3 is 63.7 Å². The molecule has 0 aromatic carbocycles. The third-order valence-electron chi connectivity index (χ3n) is 9.96. The van der Waals surface area contributed by atoms with Gasteiger partial charge in [-0.15, -0.1) is 11.3 Å². The number of unbranched alkanes of at least 4 members (excludes halogenated alkanes) is 2. The van der Waals surface area contributed by atoms with Crippen LogP contribution in [0.5, 0.6) is 0 Å². The van der Waals surface area contributed by atoms with Gasteiger partial charge in [0.2, 0.25) is 11.8 Å². The molecular formula is C48H78N6O16S. The van der Waals surface area contributed by atoms with E-state index in [1.807, 2.05) is 19.9 Å². The molecule has 0 fully saturated rings. The van der Waals surface area contributed by atoms with Crippen molar-refractivity contribution in [2.45, 2.75) is 58.8 Å². The van der Waals surface area contributed by atoms with Crippen LogP contribution in [0, 0.1) is 0 Å². The van der Waals surface area contributed by atoms with Crippen LogP contribution in [0.3, 0.4) is 0 Å². The molecule has 3 heterocycles. The smallest absolute Gasteiger partial charge is 0.273 e. The Labute approximate surface area is 422 Å². The van der Waals surface area contributed by atoms with E-state index >= 15 is 0 Å². The number of carbonyl (C=O) groups is 5. The normalized spacial score (nSPS) is 13.4. The van der Waals surface area contributed by atoms with Crippen LogP contribution in [0.25, 0.3) is 6.08 Å². The first kappa shape index (κ1) is 61.1. The molecular weight excluding hydrogens is 949 g/mol. The number of nitrogens with zero attached hydrogens (tertiary/aromatic N) is 3. The van der Waals surface area contributed by atoms with E-state index in [0.717, 1.165) is 59.7 Å². The summed E-state index contributed by atoms with van der Waals surface area (Å²) in [6, 6.07) is 2.05. The molecule has 0 atom stereocenters. The van der Waals surface area contributed by atoms with Gasteiger partial charge in [0.1, 0.15) is 12.4 Å². The first-order chi connectivity index (χ1) is 34.7. The average Bonchev–Trinajstić information content (AvgIpc) is 3.83. The number of imide groups is 1. The van der Waals surface area contributed by atoms with Crippen molar-refractivity contribution in [3.63, 3.8) is 0 Å². The number of ether oxygens (including phenoxy) is 10. The van der Waals surface area contributed by atoms with E-state index < -0.39 is 17.7 Å². The quantitative estimate of drug-likeness (QED) is 0.0480. The Morgan fingerprint density at radius 2 is 1.13 bits per heavy atom. The van der Waals surface area contributed by atoms with Gasteiger partial charge in [-0.05, 0) is 44.7 Å². The van der Waals surface area contributed by atoms with E-state index in [1.54, 1.807) is 11.3 Å². The van der Waals surface area contributed by atoms with E-state index in [4.69, 9.17) is 57.9 Å². The highest BCUT2D eigenvalue weighted by Gasteiger charge is 2.26. The summed E-state index contributed by atoms with van der Waals surface area (Å²) < 4.78 is 54.8. The van der Waals surface area contributed by atoms with Crippen molar-refractivity contribution >= 4 is 58.5 Å². The van der Waals surface area contributed by atoms with E-state index in [0.29, 0.717) is 163 Å². The van der Waals surface area contributed by atoms with Gasteiger partial charge in [-0.25, -0.2) is 10.1 Å². The minimum Gasteiger partial charge on any atom is -0.387 e.